The lowest BCUT2D eigenvalue weighted by Crippen LogP contribution is -2.06. The molecule has 1 heterocycles. The molecule has 0 amide bonds. The fraction of sp³-hybridized carbons (Fsp3) is 0.143. The summed E-state index contributed by atoms with van der Waals surface area (Å²) < 4.78 is 42.4. The molecule has 0 bridgehead atoms. The quantitative estimate of drug-likeness (QED) is 0.942. The second kappa shape index (κ2) is 5.43. The summed E-state index contributed by atoms with van der Waals surface area (Å²) in [5.41, 5.74) is -0.536. The Kier molecular flexibility index (Phi) is 3.84. The largest absolute Gasteiger partial charge is 0.481 e. The number of methoxy groups -OCH3 is 1. The van der Waals surface area contributed by atoms with Gasteiger partial charge in [-0.3, -0.25) is 0 Å². The van der Waals surface area contributed by atoms with Crippen LogP contribution in [0.15, 0.2) is 36.4 Å². The van der Waals surface area contributed by atoms with Crippen LogP contribution in [0.4, 0.5) is 13.2 Å². The molecule has 1 aromatic carbocycles. The van der Waals surface area contributed by atoms with Crippen molar-refractivity contribution in [2.45, 2.75) is 6.18 Å². The molecule has 4 nitrogen and oxygen atoms in total. The van der Waals surface area contributed by atoms with Gasteiger partial charge in [-0.25, -0.2) is 9.78 Å². The first-order valence-corrected chi connectivity index (χ1v) is 5.79. The van der Waals surface area contributed by atoms with Gasteiger partial charge in [0.05, 0.1) is 12.7 Å². The Labute approximate surface area is 117 Å². The topological polar surface area (TPSA) is 59.4 Å². The van der Waals surface area contributed by atoms with Crippen LogP contribution in [0.5, 0.6) is 5.88 Å². The van der Waals surface area contributed by atoms with E-state index in [4.69, 9.17) is 9.84 Å². The average Bonchev–Trinajstić information content (AvgIpc) is 2.45. The molecular formula is C14H10F3NO3. The Bertz CT molecular complexity index is 666. The number of nitrogens with zero attached hydrogens (tertiary/aromatic N) is 1. The molecule has 0 saturated heterocycles. The van der Waals surface area contributed by atoms with E-state index in [0.29, 0.717) is 5.56 Å². The highest BCUT2D eigenvalue weighted by molar-refractivity contribution is 5.94. The van der Waals surface area contributed by atoms with Crippen LogP contribution < -0.4 is 4.74 Å². The number of rotatable bonds is 3. The number of halogens is 3. The van der Waals surface area contributed by atoms with Crippen molar-refractivity contribution in [3.8, 4) is 17.0 Å². The maximum atomic E-state index is 12.5. The number of pyridine rings is 1. The van der Waals surface area contributed by atoms with E-state index in [0.717, 1.165) is 12.1 Å². The fourth-order valence-corrected chi connectivity index (χ4v) is 1.79. The Balaban J connectivity index is 2.49. The molecule has 0 aliphatic carbocycles. The second-order valence-electron chi connectivity index (χ2n) is 4.13. The molecule has 1 N–H and O–H groups in total. The molecule has 0 saturated carbocycles. The fourth-order valence-electron chi connectivity index (χ4n) is 1.79. The number of alkyl halides is 3. The van der Waals surface area contributed by atoms with Crippen molar-refractivity contribution in [1.82, 2.24) is 4.98 Å². The second-order valence-corrected chi connectivity index (χ2v) is 4.13. The summed E-state index contributed by atoms with van der Waals surface area (Å²) in [6.45, 7) is 0. The molecule has 0 aliphatic heterocycles. The van der Waals surface area contributed by atoms with Crippen LogP contribution in [0.1, 0.15) is 16.1 Å². The Morgan fingerprint density at radius 1 is 1.14 bits per heavy atom. The predicted molar refractivity (Wildman–Crippen MR) is 68.2 cm³/mol. The van der Waals surface area contributed by atoms with Gasteiger partial charge in [-0.2, -0.15) is 13.2 Å². The zero-order valence-electron chi connectivity index (χ0n) is 10.8. The van der Waals surface area contributed by atoms with E-state index in [2.05, 4.69) is 4.98 Å². The van der Waals surface area contributed by atoms with E-state index in [-0.39, 0.29) is 17.1 Å². The van der Waals surface area contributed by atoms with Crippen molar-refractivity contribution < 1.29 is 27.8 Å². The summed E-state index contributed by atoms with van der Waals surface area (Å²) >= 11 is 0. The number of aromatic nitrogens is 1. The minimum Gasteiger partial charge on any atom is -0.481 e. The summed E-state index contributed by atoms with van der Waals surface area (Å²) in [5.74, 6) is -1.17. The van der Waals surface area contributed by atoms with Gasteiger partial charge in [-0.15, -0.1) is 0 Å². The van der Waals surface area contributed by atoms with Crippen LogP contribution >= 0.6 is 0 Å². The maximum Gasteiger partial charge on any atom is 0.416 e. The zero-order chi connectivity index (χ0) is 15.6. The summed E-state index contributed by atoms with van der Waals surface area (Å²) in [6.07, 6.45) is -4.44. The molecule has 2 aromatic rings. The zero-order valence-corrected chi connectivity index (χ0v) is 10.8. The molecule has 0 unspecified atom stereocenters. The highest BCUT2D eigenvalue weighted by atomic mass is 19.4. The third-order valence-electron chi connectivity index (χ3n) is 2.80. The van der Waals surface area contributed by atoms with Crippen LogP contribution in [0.2, 0.25) is 0 Å². The van der Waals surface area contributed by atoms with Crippen molar-refractivity contribution in [2.24, 2.45) is 0 Å². The monoisotopic (exact) mass is 297 g/mol. The Morgan fingerprint density at radius 3 is 2.24 bits per heavy atom. The average molecular weight is 297 g/mol. The van der Waals surface area contributed by atoms with Crippen molar-refractivity contribution >= 4 is 5.97 Å². The molecule has 0 radical (unpaired) electrons. The first-order chi connectivity index (χ1) is 9.82. The third-order valence-corrected chi connectivity index (χ3v) is 2.80. The van der Waals surface area contributed by atoms with E-state index in [1.807, 2.05) is 0 Å². The molecular weight excluding hydrogens is 287 g/mol. The number of carbonyl (C=O) groups is 1. The summed E-state index contributed by atoms with van der Waals surface area (Å²) in [7, 11) is 1.34. The van der Waals surface area contributed by atoms with Crippen molar-refractivity contribution in [1.29, 1.82) is 0 Å². The smallest absolute Gasteiger partial charge is 0.416 e. The van der Waals surface area contributed by atoms with E-state index in [9.17, 15) is 18.0 Å². The van der Waals surface area contributed by atoms with Gasteiger partial charge in [0.2, 0.25) is 5.88 Å². The normalized spacial score (nSPS) is 11.2. The van der Waals surface area contributed by atoms with Gasteiger partial charge < -0.3 is 9.84 Å². The highest BCUT2D eigenvalue weighted by Gasteiger charge is 2.30. The van der Waals surface area contributed by atoms with E-state index in [1.54, 1.807) is 0 Å². The predicted octanol–water partition coefficient (Wildman–Crippen LogP) is 3.47. The number of benzene rings is 1. The summed E-state index contributed by atoms with van der Waals surface area (Å²) in [5, 5.41) is 9.13. The van der Waals surface area contributed by atoms with Gasteiger partial charge in [0, 0.05) is 11.6 Å². The third kappa shape index (κ3) is 3.13. The molecule has 110 valence electrons. The van der Waals surface area contributed by atoms with Gasteiger partial charge in [0.1, 0.15) is 0 Å². The lowest BCUT2D eigenvalue weighted by atomic mass is 10.0. The number of carboxylic acids is 1. The van der Waals surface area contributed by atoms with Gasteiger partial charge in [-0.05, 0) is 23.8 Å². The van der Waals surface area contributed by atoms with Crippen LogP contribution in [0, 0.1) is 0 Å². The number of aromatic carboxylic acids is 1. The first-order valence-electron chi connectivity index (χ1n) is 5.79. The van der Waals surface area contributed by atoms with Crippen LogP contribution in [-0.2, 0) is 6.18 Å². The molecule has 1 aromatic heterocycles. The molecule has 21 heavy (non-hydrogen) atoms. The number of hydrogen-bond acceptors (Lipinski definition) is 3. The first kappa shape index (κ1) is 14.8. The molecule has 0 spiro atoms. The van der Waals surface area contributed by atoms with Gasteiger partial charge in [-0.1, -0.05) is 12.1 Å². The minimum absolute atomic E-state index is 0.114. The van der Waals surface area contributed by atoms with Gasteiger partial charge >= 0.3 is 12.1 Å². The maximum absolute atomic E-state index is 12.5. The molecule has 0 fully saturated rings. The van der Waals surface area contributed by atoms with Crippen LogP contribution in [0.3, 0.4) is 0 Å². The van der Waals surface area contributed by atoms with Gasteiger partial charge in [0.25, 0.3) is 0 Å². The van der Waals surface area contributed by atoms with E-state index in [1.165, 1.54) is 31.4 Å². The van der Waals surface area contributed by atoms with Crippen LogP contribution in [-0.4, -0.2) is 23.2 Å². The molecule has 0 aliphatic rings. The lowest BCUT2D eigenvalue weighted by molar-refractivity contribution is -0.137. The van der Waals surface area contributed by atoms with E-state index >= 15 is 0 Å². The number of ether oxygens (including phenoxy) is 1. The Morgan fingerprint density at radius 2 is 1.76 bits per heavy atom. The molecule has 2 rings (SSSR count). The van der Waals surface area contributed by atoms with E-state index < -0.39 is 17.7 Å². The summed E-state index contributed by atoms with van der Waals surface area (Å²) in [6, 6.07) is 7.09. The minimum atomic E-state index is -4.44. The van der Waals surface area contributed by atoms with Gasteiger partial charge in [0.15, 0.2) is 5.69 Å². The van der Waals surface area contributed by atoms with Crippen molar-refractivity contribution in [2.75, 3.05) is 7.11 Å². The standard InChI is InChI=1S/C14H10F3NO3/c1-21-11-7-6-10(12(18-11)13(19)20)8-2-4-9(5-3-8)14(15,16)17/h2-7H,1H3,(H,19,20). The number of hydrogen-bond donors (Lipinski definition) is 1. The summed E-state index contributed by atoms with van der Waals surface area (Å²) in [4.78, 5) is 15.0. The van der Waals surface area contributed by atoms with Crippen LogP contribution in [0.25, 0.3) is 11.1 Å². The van der Waals surface area contributed by atoms with Crippen molar-refractivity contribution in [3.63, 3.8) is 0 Å². The number of carboxylic acid groups (broad SMARTS) is 1. The molecule has 7 heteroatoms. The highest BCUT2D eigenvalue weighted by Crippen LogP contribution is 2.32. The SMILES string of the molecule is COc1ccc(-c2ccc(C(F)(F)F)cc2)c(C(=O)O)n1. The lowest BCUT2D eigenvalue weighted by Gasteiger charge is -2.10. The van der Waals surface area contributed by atoms with Crippen molar-refractivity contribution in [3.05, 3.63) is 47.7 Å². The molecule has 0 atom stereocenters. The Hall–Kier alpha value is -2.57.